The van der Waals surface area contributed by atoms with Crippen LogP contribution in [-0.2, 0) is 0 Å². The average molecular weight is 283 g/mol. The maximum absolute atomic E-state index is 3.45. The minimum atomic E-state index is 0. The smallest absolute Gasteiger partial charge is 0.00463 e. The molecule has 0 aromatic carbocycles. The Labute approximate surface area is 119 Å². The minimum absolute atomic E-state index is 0. The van der Waals surface area contributed by atoms with E-state index in [-0.39, 0.29) is 24.8 Å². The molecular weight excluding hydrogens is 255 g/mol. The molecule has 0 aromatic rings. The van der Waals surface area contributed by atoms with Crippen molar-refractivity contribution in [2.24, 2.45) is 11.8 Å². The summed E-state index contributed by atoms with van der Waals surface area (Å²) in [6, 6.07) is 0. The second kappa shape index (κ2) is 10.4. The highest BCUT2D eigenvalue weighted by atomic mass is 35.5. The second-order valence-corrected chi connectivity index (χ2v) is 5.32. The molecule has 0 aromatic heterocycles. The standard InChI is InChI=1S/C13H26N2.2ClH/c1(2-12-4-8-14-9-5-12)3-13-6-10-15-11-7-13;;/h12-15H,1-11H2;2*1H. The van der Waals surface area contributed by atoms with Crippen LogP contribution >= 0.6 is 24.8 Å². The molecule has 2 aliphatic heterocycles. The summed E-state index contributed by atoms with van der Waals surface area (Å²) in [6.45, 7) is 5.05. The lowest BCUT2D eigenvalue weighted by Gasteiger charge is -2.25. The van der Waals surface area contributed by atoms with Gasteiger partial charge in [-0.05, 0) is 63.7 Å². The van der Waals surface area contributed by atoms with Crippen molar-refractivity contribution < 1.29 is 0 Å². The Morgan fingerprint density at radius 3 is 1.35 bits per heavy atom. The van der Waals surface area contributed by atoms with Crippen molar-refractivity contribution in [3.05, 3.63) is 0 Å². The van der Waals surface area contributed by atoms with Crippen LogP contribution in [0.15, 0.2) is 0 Å². The van der Waals surface area contributed by atoms with Gasteiger partial charge in [-0.1, -0.05) is 19.3 Å². The van der Waals surface area contributed by atoms with Crippen LogP contribution in [-0.4, -0.2) is 26.2 Å². The Bertz CT molecular complexity index is 149. The fourth-order valence-corrected chi connectivity index (χ4v) is 3.04. The maximum Gasteiger partial charge on any atom is -0.00463 e. The fourth-order valence-electron chi connectivity index (χ4n) is 3.04. The van der Waals surface area contributed by atoms with Gasteiger partial charge in [-0.3, -0.25) is 0 Å². The Morgan fingerprint density at radius 1 is 0.647 bits per heavy atom. The highest BCUT2D eigenvalue weighted by Crippen LogP contribution is 2.23. The molecule has 2 heterocycles. The van der Waals surface area contributed by atoms with E-state index in [4.69, 9.17) is 0 Å². The molecule has 0 bridgehead atoms. The van der Waals surface area contributed by atoms with Crippen molar-refractivity contribution in [1.82, 2.24) is 10.6 Å². The Kier molecular flexibility index (Phi) is 10.7. The molecule has 17 heavy (non-hydrogen) atoms. The molecule has 0 atom stereocenters. The quantitative estimate of drug-likeness (QED) is 0.829. The van der Waals surface area contributed by atoms with Gasteiger partial charge in [0.15, 0.2) is 0 Å². The molecule has 0 radical (unpaired) electrons. The molecule has 0 saturated carbocycles. The number of nitrogens with one attached hydrogen (secondary N) is 2. The van der Waals surface area contributed by atoms with Crippen molar-refractivity contribution in [2.75, 3.05) is 26.2 Å². The molecule has 2 nitrogen and oxygen atoms in total. The van der Waals surface area contributed by atoms with Crippen molar-refractivity contribution in [3.63, 3.8) is 0 Å². The lowest BCUT2D eigenvalue weighted by Crippen LogP contribution is -2.29. The average Bonchev–Trinajstić information content (AvgIpc) is 2.32. The zero-order valence-corrected chi connectivity index (χ0v) is 12.4. The summed E-state index contributed by atoms with van der Waals surface area (Å²) in [5.74, 6) is 2.07. The van der Waals surface area contributed by atoms with Crippen LogP contribution in [0.1, 0.15) is 44.9 Å². The largest absolute Gasteiger partial charge is 0.317 e. The van der Waals surface area contributed by atoms with Gasteiger partial charge >= 0.3 is 0 Å². The number of hydrogen-bond acceptors (Lipinski definition) is 2. The van der Waals surface area contributed by atoms with Gasteiger partial charge in [0.05, 0.1) is 0 Å². The predicted octanol–water partition coefficient (Wildman–Crippen LogP) is 3.00. The number of hydrogen-bond donors (Lipinski definition) is 2. The summed E-state index contributed by atoms with van der Waals surface area (Å²) >= 11 is 0. The SMILES string of the molecule is C(CC1CCNCC1)CC1CCNCC1.Cl.Cl. The second-order valence-electron chi connectivity index (χ2n) is 5.32. The Morgan fingerprint density at radius 2 is 1.00 bits per heavy atom. The monoisotopic (exact) mass is 282 g/mol. The normalized spacial score (nSPS) is 22.6. The van der Waals surface area contributed by atoms with Crippen LogP contribution < -0.4 is 10.6 Å². The Balaban J connectivity index is 0.00000128. The fraction of sp³-hybridized carbons (Fsp3) is 1.00. The highest BCUT2D eigenvalue weighted by molar-refractivity contribution is 5.85. The number of rotatable bonds is 4. The molecule has 4 heteroatoms. The molecule has 0 spiro atoms. The van der Waals surface area contributed by atoms with Crippen LogP contribution in [0.4, 0.5) is 0 Å². The molecular formula is C13H28Cl2N2. The van der Waals surface area contributed by atoms with Crippen molar-refractivity contribution >= 4 is 24.8 Å². The Hall–Kier alpha value is 0.500. The summed E-state index contributed by atoms with van der Waals surface area (Å²) < 4.78 is 0. The van der Waals surface area contributed by atoms with Gasteiger partial charge in [0.2, 0.25) is 0 Å². The zero-order chi connectivity index (χ0) is 10.3. The van der Waals surface area contributed by atoms with Gasteiger partial charge in [0.1, 0.15) is 0 Å². The highest BCUT2D eigenvalue weighted by Gasteiger charge is 2.15. The molecule has 2 fully saturated rings. The van der Waals surface area contributed by atoms with Crippen LogP contribution in [0.3, 0.4) is 0 Å². The summed E-state index contributed by atoms with van der Waals surface area (Å²) in [6.07, 6.45) is 10.2. The van der Waals surface area contributed by atoms with E-state index in [9.17, 15) is 0 Å². The van der Waals surface area contributed by atoms with Crippen LogP contribution in [0, 0.1) is 11.8 Å². The van der Waals surface area contributed by atoms with E-state index in [1.54, 1.807) is 0 Å². The van der Waals surface area contributed by atoms with Gasteiger partial charge in [-0.15, -0.1) is 24.8 Å². The van der Waals surface area contributed by atoms with E-state index in [2.05, 4.69) is 10.6 Å². The summed E-state index contributed by atoms with van der Waals surface area (Å²) in [4.78, 5) is 0. The van der Waals surface area contributed by atoms with Crippen molar-refractivity contribution in [1.29, 1.82) is 0 Å². The van der Waals surface area contributed by atoms with E-state index in [1.807, 2.05) is 0 Å². The lowest BCUT2D eigenvalue weighted by molar-refractivity contribution is 0.304. The van der Waals surface area contributed by atoms with Gasteiger partial charge in [0.25, 0.3) is 0 Å². The maximum atomic E-state index is 3.45. The molecule has 0 amide bonds. The topological polar surface area (TPSA) is 24.1 Å². The zero-order valence-electron chi connectivity index (χ0n) is 10.7. The first kappa shape index (κ1) is 17.5. The first-order valence-electron chi connectivity index (χ1n) is 6.86. The van der Waals surface area contributed by atoms with Crippen molar-refractivity contribution in [3.8, 4) is 0 Å². The molecule has 0 aliphatic carbocycles. The lowest BCUT2D eigenvalue weighted by atomic mass is 9.87. The van der Waals surface area contributed by atoms with E-state index in [0.717, 1.165) is 11.8 Å². The van der Waals surface area contributed by atoms with Crippen molar-refractivity contribution in [2.45, 2.75) is 44.9 Å². The third-order valence-electron chi connectivity index (χ3n) is 4.14. The van der Waals surface area contributed by atoms with E-state index >= 15 is 0 Å². The minimum Gasteiger partial charge on any atom is -0.317 e. The summed E-state index contributed by atoms with van der Waals surface area (Å²) in [5.41, 5.74) is 0. The third kappa shape index (κ3) is 6.85. The summed E-state index contributed by atoms with van der Waals surface area (Å²) in [5, 5.41) is 6.89. The predicted molar refractivity (Wildman–Crippen MR) is 79.5 cm³/mol. The molecule has 0 unspecified atom stereocenters. The van der Waals surface area contributed by atoms with Crippen LogP contribution in [0.25, 0.3) is 0 Å². The van der Waals surface area contributed by atoms with Gasteiger partial charge < -0.3 is 10.6 Å². The third-order valence-corrected chi connectivity index (χ3v) is 4.14. The summed E-state index contributed by atoms with van der Waals surface area (Å²) in [7, 11) is 0. The molecule has 2 rings (SSSR count). The van der Waals surface area contributed by atoms with Gasteiger partial charge in [0, 0.05) is 0 Å². The molecule has 2 aliphatic rings. The van der Waals surface area contributed by atoms with E-state index < -0.39 is 0 Å². The molecule has 2 saturated heterocycles. The molecule has 104 valence electrons. The molecule has 2 N–H and O–H groups in total. The van der Waals surface area contributed by atoms with Gasteiger partial charge in [-0.2, -0.15) is 0 Å². The van der Waals surface area contributed by atoms with E-state index in [0.29, 0.717) is 0 Å². The number of piperidine rings is 2. The number of halogens is 2. The van der Waals surface area contributed by atoms with E-state index in [1.165, 1.54) is 71.1 Å². The van der Waals surface area contributed by atoms with Crippen LogP contribution in [0.5, 0.6) is 0 Å². The first-order chi connectivity index (χ1) is 7.45. The van der Waals surface area contributed by atoms with Crippen LogP contribution in [0.2, 0.25) is 0 Å². The first-order valence-corrected chi connectivity index (χ1v) is 6.86. The van der Waals surface area contributed by atoms with Gasteiger partial charge in [-0.25, -0.2) is 0 Å².